The number of anilines is 6. The molecular formula is C52H56N12O6. The van der Waals surface area contributed by atoms with Crippen LogP contribution in [0.1, 0.15) is 48.2 Å². The molecule has 0 aliphatic carbocycles. The first kappa shape index (κ1) is 47.1. The number of hydrogen-bond acceptors (Lipinski definition) is 12. The summed E-state index contributed by atoms with van der Waals surface area (Å²) in [5.74, 6) is 2.55. The Morgan fingerprint density at radius 3 is 1.30 bits per heavy atom. The van der Waals surface area contributed by atoms with E-state index in [4.69, 9.17) is 19.4 Å². The van der Waals surface area contributed by atoms with Gasteiger partial charge in [-0.25, -0.2) is 29.5 Å². The van der Waals surface area contributed by atoms with Crippen LogP contribution in [0.15, 0.2) is 109 Å². The van der Waals surface area contributed by atoms with E-state index in [0.717, 1.165) is 33.9 Å². The van der Waals surface area contributed by atoms with Crippen LogP contribution in [0, 0.1) is 13.8 Å². The van der Waals surface area contributed by atoms with Crippen molar-refractivity contribution in [3.8, 4) is 22.8 Å². The average molecular weight is 945 g/mol. The van der Waals surface area contributed by atoms with Crippen molar-refractivity contribution in [2.75, 3.05) is 83.8 Å². The third-order valence-corrected chi connectivity index (χ3v) is 13.0. The van der Waals surface area contributed by atoms with Crippen molar-refractivity contribution in [2.24, 2.45) is 0 Å². The van der Waals surface area contributed by atoms with Crippen LogP contribution in [0.25, 0.3) is 22.8 Å². The summed E-state index contributed by atoms with van der Waals surface area (Å²) in [6.07, 6.45) is 3.48. The van der Waals surface area contributed by atoms with Crippen LogP contribution < -0.4 is 40.9 Å². The quantitative estimate of drug-likeness (QED) is 0.122. The van der Waals surface area contributed by atoms with Gasteiger partial charge >= 0.3 is 12.1 Å². The molecule has 4 atom stereocenters. The van der Waals surface area contributed by atoms with Crippen LogP contribution in [0.3, 0.4) is 0 Å². The topological polar surface area (TPSA) is 199 Å². The van der Waals surface area contributed by atoms with Gasteiger partial charge in [0.1, 0.15) is 23.5 Å². The Hall–Kier alpha value is -7.96. The lowest BCUT2D eigenvalue weighted by Gasteiger charge is -2.45. The molecule has 18 nitrogen and oxygen atoms in total. The highest BCUT2D eigenvalue weighted by Crippen LogP contribution is 2.43. The number of urea groups is 2. The van der Waals surface area contributed by atoms with Crippen molar-refractivity contribution in [1.82, 2.24) is 30.6 Å². The molecule has 4 aliphatic rings. The standard InChI is InChI=1S/2C26H28N6O3/c2*1-16-4-6-18(7-5-16)17(2)32-21-14-28-23(19-8-10-20(11-9-19)29-26(34)27-3)30-24(21)31-12-13-35-15-22(31)25(32)33/h2*4-11,14,17,22H,12-13,15H2,1-3H3,(H2,27,29,34)/t17-,22+;17-,22-/m00/s1. The number of nitrogens with zero attached hydrogens (tertiary/aromatic N) is 8. The number of amides is 6. The molecule has 6 heterocycles. The van der Waals surface area contributed by atoms with E-state index in [1.807, 2.05) is 61.8 Å². The monoisotopic (exact) mass is 944 g/mol. The maximum absolute atomic E-state index is 13.6. The predicted molar refractivity (Wildman–Crippen MR) is 269 cm³/mol. The number of hydrogen-bond donors (Lipinski definition) is 4. The molecule has 2 fully saturated rings. The molecule has 6 aromatic rings. The molecule has 360 valence electrons. The van der Waals surface area contributed by atoms with Crippen LogP contribution >= 0.6 is 0 Å². The smallest absolute Gasteiger partial charge is 0.318 e. The van der Waals surface area contributed by atoms with E-state index in [1.54, 1.807) is 60.6 Å². The first-order valence-corrected chi connectivity index (χ1v) is 23.3. The van der Waals surface area contributed by atoms with E-state index in [1.165, 1.54) is 11.1 Å². The zero-order valence-electron chi connectivity index (χ0n) is 40.0. The summed E-state index contributed by atoms with van der Waals surface area (Å²) in [5.41, 5.74) is 8.79. The van der Waals surface area contributed by atoms with Gasteiger partial charge in [-0.05, 0) is 87.4 Å². The highest BCUT2D eigenvalue weighted by molar-refractivity contribution is 6.06. The molecule has 18 heteroatoms. The Labute approximate surface area is 406 Å². The Morgan fingerprint density at radius 2 is 0.943 bits per heavy atom. The fourth-order valence-electron chi connectivity index (χ4n) is 9.04. The number of morpholine rings is 2. The molecule has 4 aromatic carbocycles. The second-order valence-electron chi connectivity index (χ2n) is 17.5. The van der Waals surface area contributed by atoms with Gasteiger partial charge in [-0.2, -0.15) is 0 Å². The molecule has 0 spiro atoms. The molecule has 6 amide bonds. The fraction of sp³-hybridized carbons (Fsp3) is 0.308. The highest BCUT2D eigenvalue weighted by Gasteiger charge is 2.45. The van der Waals surface area contributed by atoms with Gasteiger partial charge < -0.3 is 40.5 Å². The molecule has 10 rings (SSSR count). The van der Waals surface area contributed by atoms with E-state index < -0.39 is 12.1 Å². The minimum Gasteiger partial charge on any atom is -0.377 e. The normalized spacial score (nSPS) is 17.9. The second kappa shape index (κ2) is 20.3. The predicted octanol–water partition coefficient (Wildman–Crippen LogP) is 7.03. The Kier molecular flexibility index (Phi) is 13.7. The van der Waals surface area contributed by atoms with Crippen molar-refractivity contribution >= 4 is 58.3 Å². The number of ether oxygens (including phenoxy) is 2. The van der Waals surface area contributed by atoms with Crippen LogP contribution in [0.2, 0.25) is 0 Å². The second-order valence-corrected chi connectivity index (χ2v) is 17.5. The first-order valence-electron chi connectivity index (χ1n) is 23.3. The number of aryl methyl sites for hydroxylation is 2. The van der Waals surface area contributed by atoms with E-state index in [-0.39, 0.29) is 36.0 Å². The number of carbonyl (C=O) groups excluding carboxylic acids is 4. The molecule has 70 heavy (non-hydrogen) atoms. The summed E-state index contributed by atoms with van der Waals surface area (Å²) in [7, 11) is 3.13. The number of nitrogens with one attached hydrogen (secondary N) is 4. The first-order chi connectivity index (χ1) is 33.9. The number of carbonyl (C=O) groups is 4. The largest absolute Gasteiger partial charge is 0.377 e. The summed E-state index contributed by atoms with van der Waals surface area (Å²) >= 11 is 0. The van der Waals surface area contributed by atoms with Crippen LogP contribution in [0.4, 0.5) is 44.0 Å². The lowest BCUT2D eigenvalue weighted by molar-refractivity contribution is -0.123. The third kappa shape index (κ3) is 9.55. The summed E-state index contributed by atoms with van der Waals surface area (Å²) < 4.78 is 11.3. The molecule has 2 aromatic heterocycles. The van der Waals surface area contributed by atoms with Crippen molar-refractivity contribution in [2.45, 2.75) is 51.9 Å². The van der Waals surface area contributed by atoms with Gasteiger partial charge in [0.05, 0.1) is 50.9 Å². The van der Waals surface area contributed by atoms with Crippen LogP contribution in [-0.2, 0) is 19.1 Å². The average Bonchev–Trinajstić information content (AvgIpc) is 3.39. The van der Waals surface area contributed by atoms with Gasteiger partial charge in [0.15, 0.2) is 23.3 Å². The van der Waals surface area contributed by atoms with Crippen molar-refractivity contribution < 1.29 is 28.7 Å². The minimum atomic E-state index is -0.425. The van der Waals surface area contributed by atoms with Gasteiger partial charge in [0.2, 0.25) is 0 Å². The van der Waals surface area contributed by atoms with Gasteiger partial charge in [0.25, 0.3) is 11.8 Å². The molecule has 0 unspecified atom stereocenters. The van der Waals surface area contributed by atoms with Crippen molar-refractivity contribution in [3.05, 3.63) is 132 Å². The molecule has 2 saturated heterocycles. The fourth-order valence-corrected chi connectivity index (χ4v) is 9.04. The maximum atomic E-state index is 13.6. The van der Waals surface area contributed by atoms with E-state index >= 15 is 0 Å². The maximum Gasteiger partial charge on any atom is 0.318 e. The number of fused-ring (bicyclic) bond motifs is 6. The summed E-state index contributed by atoms with van der Waals surface area (Å²) in [4.78, 5) is 77.1. The van der Waals surface area contributed by atoms with E-state index in [0.29, 0.717) is 73.9 Å². The molecule has 0 radical (unpaired) electrons. The van der Waals surface area contributed by atoms with Crippen LogP contribution in [-0.4, -0.2) is 110 Å². The van der Waals surface area contributed by atoms with Crippen molar-refractivity contribution in [3.63, 3.8) is 0 Å². The number of rotatable bonds is 8. The Balaban J connectivity index is 0.000000174. The molecule has 0 bridgehead atoms. The molecule has 0 saturated carbocycles. The number of aromatic nitrogens is 4. The molecule has 4 aliphatic heterocycles. The van der Waals surface area contributed by atoms with E-state index in [2.05, 4.69) is 79.8 Å². The lowest BCUT2D eigenvalue weighted by Crippen LogP contribution is -2.59. The van der Waals surface area contributed by atoms with Gasteiger partial charge in [-0.3, -0.25) is 19.4 Å². The molecular weight excluding hydrogens is 889 g/mol. The Morgan fingerprint density at radius 1 is 0.571 bits per heavy atom. The lowest BCUT2D eigenvalue weighted by atomic mass is 10.0. The zero-order valence-corrected chi connectivity index (χ0v) is 40.0. The SMILES string of the molecule is CNC(=O)Nc1ccc(-c2ncc3c(n2)N2CCOC[C@@H]2C(=O)N3[C@@H](C)c2ccc(C)cc2)cc1.CNC(=O)Nc1ccc(-c2ncc3c(n2)N2CCOC[C@H]2C(=O)N3[C@@H](C)c2ccc(C)cc2)cc1. The van der Waals surface area contributed by atoms with E-state index in [9.17, 15) is 19.2 Å². The minimum absolute atomic E-state index is 0.00810. The van der Waals surface area contributed by atoms with Gasteiger partial charge in [-0.15, -0.1) is 0 Å². The van der Waals surface area contributed by atoms with Gasteiger partial charge in [0, 0.05) is 49.7 Å². The summed E-state index contributed by atoms with van der Waals surface area (Å²) in [6.45, 7) is 11.0. The van der Waals surface area contributed by atoms with Crippen molar-refractivity contribution in [1.29, 1.82) is 0 Å². The summed E-state index contributed by atoms with van der Waals surface area (Å²) in [6, 6.07) is 29.3. The summed E-state index contributed by atoms with van der Waals surface area (Å²) in [5, 5.41) is 10.5. The van der Waals surface area contributed by atoms with Crippen LogP contribution in [0.5, 0.6) is 0 Å². The zero-order chi connectivity index (χ0) is 49.1. The highest BCUT2D eigenvalue weighted by atomic mass is 16.5. The third-order valence-electron chi connectivity index (χ3n) is 13.0. The number of benzene rings is 4. The molecule has 4 N–H and O–H groups in total. The Bertz CT molecular complexity index is 2690. The van der Waals surface area contributed by atoms with Gasteiger partial charge in [-0.1, -0.05) is 59.7 Å².